The first-order valence-corrected chi connectivity index (χ1v) is 5.10. The van der Waals surface area contributed by atoms with Gasteiger partial charge in [-0.05, 0) is 6.92 Å². The van der Waals surface area contributed by atoms with Crippen molar-refractivity contribution in [3.63, 3.8) is 0 Å². The summed E-state index contributed by atoms with van der Waals surface area (Å²) in [5.74, 6) is -0.0356. The topological polar surface area (TPSA) is 54.4 Å². The van der Waals surface area contributed by atoms with Crippen LogP contribution in [-0.2, 0) is 9.84 Å². The van der Waals surface area contributed by atoms with Gasteiger partial charge >= 0.3 is 0 Å². The highest BCUT2D eigenvalue weighted by molar-refractivity contribution is 7.93. The molecule has 0 aromatic heterocycles. The van der Waals surface area contributed by atoms with Gasteiger partial charge in [0.2, 0.25) is 0 Å². The smallest absolute Gasteiger partial charge is 0.169 e. The van der Waals surface area contributed by atoms with Crippen molar-refractivity contribution in [3.05, 3.63) is 0 Å². The van der Waals surface area contributed by atoms with E-state index in [9.17, 15) is 8.42 Å². The highest BCUT2D eigenvalue weighted by atomic mass is 35.5. The van der Waals surface area contributed by atoms with Gasteiger partial charge < -0.3 is 5.11 Å². The van der Waals surface area contributed by atoms with E-state index in [4.69, 9.17) is 16.7 Å². The Bertz CT molecular complexity index is 185. The molecule has 0 heterocycles. The van der Waals surface area contributed by atoms with Gasteiger partial charge in [-0.3, -0.25) is 0 Å². The van der Waals surface area contributed by atoms with Crippen LogP contribution in [0, 0.1) is 0 Å². The van der Waals surface area contributed by atoms with Crippen LogP contribution in [0.3, 0.4) is 0 Å². The molecule has 0 aliphatic heterocycles. The maximum atomic E-state index is 10.8. The van der Waals surface area contributed by atoms with Crippen molar-refractivity contribution in [1.29, 1.82) is 0 Å². The summed E-state index contributed by atoms with van der Waals surface area (Å²) in [5, 5.41) is 8.78. The lowest BCUT2D eigenvalue weighted by molar-refractivity contribution is 0.208. The number of halogens is 1. The summed E-state index contributed by atoms with van der Waals surface area (Å²) < 4.78 is 20.5. The zero-order valence-corrected chi connectivity index (χ0v) is 7.48. The quantitative estimate of drug-likeness (QED) is 0.648. The Morgan fingerprint density at radius 1 is 1.60 bits per heavy atom. The van der Waals surface area contributed by atoms with E-state index in [1.807, 2.05) is 0 Å². The van der Waals surface area contributed by atoms with E-state index in [2.05, 4.69) is 0 Å². The minimum Gasteiger partial charge on any atom is -0.391 e. The fourth-order valence-electron chi connectivity index (χ4n) is 0.459. The van der Waals surface area contributed by atoms with Gasteiger partial charge in [0, 0.05) is 5.75 Å². The monoisotopic (exact) mass is 186 g/mol. The molecular weight excluding hydrogens is 176 g/mol. The van der Waals surface area contributed by atoms with Crippen LogP contribution < -0.4 is 0 Å². The lowest BCUT2D eigenvalue weighted by Gasteiger charge is -2.10. The average Bonchev–Trinajstić information content (AvgIpc) is 1.86. The van der Waals surface area contributed by atoms with Crippen LogP contribution in [0.25, 0.3) is 0 Å². The molecule has 0 rings (SSSR count). The second-order valence-electron chi connectivity index (χ2n) is 2.04. The minimum absolute atomic E-state index is 0.0356. The summed E-state index contributed by atoms with van der Waals surface area (Å²) in [6, 6.07) is 0. The molecule has 0 radical (unpaired) electrons. The lowest BCUT2D eigenvalue weighted by atomic mass is 10.5. The molecule has 0 unspecified atom stereocenters. The van der Waals surface area contributed by atoms with Crippen molar-refractivity contribution >= 4 is 21.4 Å². The summed E-state index contributed by atoms with van der Waals surface area (Å²) in [5.41, 5.74) is 0. The van der Waals surface area contributed by atoms with E-state index in [0.29, 0.717) is 0 Å². The normalized spacial score (nSPS) is 18.4. The van der Waals surface area contributed by atoms with Crippen LogP contribution in [0.5, 0.6) is 0 Å². The first kappa shape index (κ1) is 10.2. The standard InChI is InChI=1S/C5H11ClO3S/c1-3-10(8,9)5(6)4(2)7/h4-5,7H,3H2,1-2H3/t4-,5+/m1/s1. The van der Waals surface area contributed by atoms with Crippen molar-refractivity contribution in [2.45, 2.75) is 24.7 Å². The molecule has 10 heavy (non-hydrogen) atoms. The van der Waals surface area contributed by atoms with E-state index >= 15 is 0 Å². The molecule has 0 aliphatic rings. The number of hydrogen-bond acceptors (Lipinski definition) is 3. The van der Waals surface area contributed by atoms with Gasteiger partial charge in [-0.15, -0.1) is 11.6 Å². The summed E-state index contributed by atoms with van der Waals surface area (Å²) in [6.45, 7) is 2.85. The molecule has 62 valence electrons. The number of hydrogen-bond donors (Lipinski definition) is 1. The van der Waals surface area contributed by atoms with E-state index in [0.717, 1.165) is 0 Å². The van der Waals surface area contributed by atoms with Crippen LogP contribution >= 0.6 is 11.6 Å². The largest absolute Gasteiger partial charge is 0.391 e. The van der Waals surface area contributed by atoms with Gasteiger partial charge in [0.25, 0.3) is 0 Å². The molecular formula is C5H11ClO3S. The number of sulfone groups is 1. The van der Waals surface area contributed by atoms with Crippen LogP contribution in [0.15, 0.2) is 0 Å². The summed E-state index contributed by atoms with van der Waals surface area (Å²) in [4.78, 5) is 0. The SMILES string of the molecule is CCS(=O)(=O)[C@H](Cl)[C@@H](C)O. The first-order chi connectivity index (χ1) is 4.41. The molecule has 0 aromatic rings. The maximum Gasteiger partial charge on any atom is 0.169 e. The van der Waals surface area contributed by atoms with Gasteiger partial charge in [0.15, 0.2) is 14.5 Å². The molecule has 0 spiro atoms. The van der Waals surface area contributed by atoms with Crippen LogP contribution in [0.2, 0.25) is 0 Å². The summed E-state index contributed by atoms with van der Waals surface area (Å²) in [7, 11) is -3.28. The summed E-state index contributed by atoms with van der Waals surface area (Å²) >= 11 is 5.37. The van der Waals surface area contributed by atoms with E-state index in [1.165, 1.54) is 13.8 Å². The Labute approximate surface area is 65.9 Å². The summed E-state index contributed by atoms with van der Waals surface area (Å²) in [6.07, 6.45) is -1.01. The second kappa shape index (κ2) is 3.55. The third-order valence-electron chi connectivity index (χ3n) is 1.12. The first-order valence-electron chi connectivity index (χ1n) is 2.95. The van der Waals surface area contributed by atoms with Crippen molar-refractivity contribution in [3.8, 4) is 0 Å². The van der Waals surface area contributed by atoms with E-state index in [-0.39, 0.29) is 5.75 Å². The molecule has 0 saturated heterocycles. The van der Waals surface area contributed by atoms with Gasteiger partial charge in [-0.1, -0.05) is 6.92 Å². The van der Waals surface area contributed by atoms with E-state index in [1.54, 1.807) is 0 Å². The molecule has 0 bridgehead atoms. The number of aliphatic hydroxyl groups excluding tert-OH is 1. The zero-order valence-electron chi connectivity index (χ0n) is 5.91. The molecule has 1 N–H and O–H groups in total. The third-order valence-corrected chi connectivity index (χ3v) is 4.19. The van der Waals surface area contributed by atoms with Gasteiger partial charge in [0.05, 0.1) is 6.10 Å². The van der Waals surface area contributed by atoms with E-state index < -0.39 is 20.7 Å². The van der Waals surface area contributed by atoms with Gasteiger partial charge in [-0.25, -0.2) is 8.42 Å². The van der Waals surface area contributed by atoms with Gasteiger partial charge in [-0.2, -0.15) is 0 Å². The fourth-order valence-corrected chi connectivity index (χ4v) is 1.76. The Morgan fingerprint density at radius 2 is 2.00 bits per heavy atom. The molecule has 2 atom stereocenters. The Balaban J connectivity index is 4.35. The predicted molar refractivity (Wildman–Crippen MR) is 40.8 cm³/mol. The number of aliphatic hydroxyl groups is 1. The number of rotatable bonds is 3. The molecule has 0 saturated carbocycles. The second-order valence-corrected chi connectivity index (χ2v) is 5.18. The Morgan fingerprint density at radius 3 is 2.10 bits per heavy atom. The van der Waals surface area contributed by atoms with Crippen molar-refractivity contribution < 1.29 is 13.5 Å². The Kier molecular flexibility index (Phi) is 3.62. The highest BCUT2D eigenvalue weighted by Gasteiger charge is 2.25. The molecule has 5 heteroatoms. The third kappa shape index (κ3) is 2.44. The molecule has 0 fully saturated rings. The molecule has 0 aliphatic carbocycles. The predicted octanol–water partition coefficient (Wildman–Crippen LogP) is 0.367. The number of alkyl halides is 1. The van der Waals surface area contributed by atoms with Crippen molar-refractivity contribution in [2.24, 2.45) is 0 Å². The molecule has 3 nitrogen and oxygen atoms in total. The van der Waals surface area contributed by atoms with Crippen LogP contribution in [0.4, 0.5) is 0 Å². The molecule has 0 amide bonds. The fraction of sp³-hybridized carbons (Fsp3) is 1.00. The average molecular weight is 187 g/mol. The van der Waals surface area contributed by atoms with Gasteiger partial charge in [0.1, 0.15) is 0 Å². The zero-order chi connectivity index (χ0) is 8.36. The Hall–Kier alpha value is 0.200. The van der Waals surface area contributed by atoms with Crippen LogP contribution in [0.1, 0.15) is 13.8 Å². The van der Waals surface area contributed by atoms with Crippen molar-refractivity contribution in [2.75, 3.05) is 5.75 Å². The minimum atomic E-state index is -3.28. The van der Waals surface area contributed by atoms with Crippen LogP contribution in [-0.4, -0.2) is 30.1 Å². The maximum absolute atomic E-state index is 10.8. The van der Waals surface area contributed by atoms with Crippen molar-refractivity contribution in [1.82, 2.24) is 0 Å². The molecule has 0 aromatic carbocycles. The lowest BCUT2D eigenvalue weighted by Crippen LogP contribution is -2.27. The highest BCUT2D eigenvalue weighted by Crippen LogP contribution is 2.11.